The molecule has 0 spiro atoms. The molecule has 0 radical (unpaired) electrons. The Bertz CT molecular complexity index is 1350. The van der Waals surface area contributed by atoms with Gasteiger partial charge in [-0.25, -0.2) is 14.8 Å². The second-order valence-electron chi connectivity index (χ2n) is 10.3. The average Bonchev–Trinajstić information content (AvgIpc) is 2.97. The lowest BCUT2D eigenvalue weighted by molar-refractivity contribution is -0.188. The number of carbonyl (C=O) groups excluding carboxylic acids is 3. The van der Waals surface area contributed by atoms with Crippen molar-refractivity contribution in [2.75, 3.05) is 26.7 Å². The normalized spacial score (nSPS) is 19.3. The van der Waals surface area contributed by atoms with Crippen LogP contribution in [0.2, 0.25) is 0 Å². The third-order valence-electron chi connectivity index (χ3n) is 7.61. The van der Waals surface area contributed by atoms with Crippen molar-refractivity contribution in [3.63, 3.8) is 0 Å². The number of carboxylic acids is 1. The summed E-state index contributed by atoms with van der Waals surface area (Å²) in [5, 5.41) is 15.6. The summed E-state index contributed by atoms with van der Waals surface area (Å²) in [7, 11) is 1.64. The molecule has 2 aliphatic rings. The van der Waals surface area contributed by atoms with Crippen LogP contribution in [0.4, 0.5) is 4.79 Å². The number of rotatable bonds is 8. The van der Waals surface area contributed by atoms with Gasteiger partial charge in [-0.1, -0.05) is 91.0 Å². The molecular formula is C31H33N5O5. The van der Waals surface area contributed by atoms with E-state index in [2.05, 4.69) is 5.32 Å². The molecule has 41 heavy (non-hydrogen) atoms. The Morgan fingerprint density at radius 3 is 2.02 bits per heavy atom. The number of piperazine rings is 1. The molecule has 0 unspecified atom stereocenters. The second-order valence-corrected chi connectivity index (χ2v) is 10.3. The van der Waals surface area contributed by atoms with Crippen LogP contribution >= 0.6 is 0 Å². The van der Waals surface area contributed by atoms with E-state index in [1.165, 1.54) is 14.9 Å². The monoisotopic (exact) mass is 555 g/mol. The molecule has 3 aromatic rings. The van der Waals surface area contributed by atoms with Gasteiger partial charge in [-0.05, 0) is 16.7 Å². The summed E-state index contributed by atoms with van der Waals surface area (Å²) in [6, 6.07) is 27.3. The number of fused-ring (bicyclic) bond motifs is 1. The molecule has 3 aromatic carbocycles. The van der Waals surface area contributed by atoms with Crippen molar-refractivity contribution < 1.29 is 24.3 Å². The molecule has 4 amide bonds. The van der Waals surface area contributed by atoms with E-state index in [0.717, 1.165) is 16.7 Å². The number of likely N-dealkylation sites (N-methyl/N-ethyl adjacent to an activating group) is 1. The molecule has 2 aliphatic heterocycles. The minimum atomic E-state index is -1.23. The minimum absolute atomic E-state index is 0.0416. The lowest BCUT2D eigenvalue weighted by Gasteiger charge is -2.54. The predicted molar refractivity (Wildman–Crippen MR) is 151 cm³/mol. The first-order chi connectivity index (χ1) is 19.8. The number of hydrogen-bond acceptors (Lipinski definition) is 5. The van der Waals surface area contributed by atoms with Crippen LogP contribution in [-0.4, -0.2) is 87.6 Å². The number of benzene rings is 3. The number of hydrogen-bond donors (Lipinski definition) is 2. The van der Waals surface area contributed by atoms with Gasteiger partial charge in [0.1, 0.15) is 12.2 Å². The first-order valence-corrected chi connectivity index (χ1v) is 13.6. The van der Waals surface area contributed by atoms with Gasteiger partial charge in [0.25, 0.3) is 0 Å². The molecule has 2 saturated heterocycles. The standard InChI is InChI=1S/C31H33N5O5/c1-33-21-28(37)35-26(17-29(38)39)30(40)34(19-25(23-13-7-3-8-14-23)24-15-9-4-10-16-24)20-27(35)36(33)31(41)32-18-22-11-5-2-6-12-22/h2-16,25-27H,17-21H2,1H3,(H,32,41)(H,38,39)/t26-,27-/m0/s1. The molecule has 0 bridgehead atoms. The number of hydrazine groups is 1. The fourth-order valence-electron chi connectivity index (χ4n) is 5.68. The molecule has 5 rings (SSSR count). The van der Waals surface area contributed by atoms with Gasteiger partial charge in [-0.2, -0.15) is 0 Å². The van der Waals surface area contributed by atoms with Crippen LogP contribution in [0.15, 0.2) is 91.0 Å². The largest absolute Gasteiger partial charge is 0.481 e. The van der Waals surface area contributed by atoms with Crippen molar-refractivity contribution in [2.24, 2.45) is 0 Å². The van der Waals surface area contributed by atoms with E-state index < -0.39 is 42.4 Å². The Morgan fingerprint density at radius 1 is 0.902 bits per heavy atom. The zero-order valence-electron chi connectivity index (χ0n) is 22.8. The maximum atomic E-state index is 13.9. The van der Waals surface area contributed by atoms with E-state index in [1.54, 1.807) is 11.9 Å². The summed E-state index contributed by atoms with van der Waals surface area (Å²) in [5.41, 5.74) is 2.90. The van der Waals surface area contributed by atoms with Gasteiger partial charge in [0.05, 0.1) is 19.5 Å². The molecule has 2 atom stereocenters. The van der Waals surface area contributed by atoms with Crippen molar-refractivity contribution in [1.29, 1.82) is 0 Å². The molecule has 0 aliphatic carbocycles. The van der Waals surface area contributed by atoms with Crippen molar-refractivity contribution in [3.05, 3.63) is 108 Å². The Morgan fingerprint density at radius 2 is 1.46 bits per heavy atom. The summed E-state index contributed by atoms with van der Waals surface area (Å²) in [4.78, 5) is 55.4. The number of nitrogens with one attached hydrogen (secondary N) is 1. The smallest absolute Gasteiger partial charge is 0.334 e. The molecule has 212 valence electrons. The fourth-order valence-corrected chi connectivity index (χ4v) is 5.68. The van der Waals surface area contributed by atoms with Crippen molar-refractivity contribution >= 4 is 23.8 Å². The second kappa shape index (κ2) is 12.2. The number of nitrogens with zero attached hydrogens (tertiary/aromatic N) is 4. The predicted octanol–water partition coefficient (Wildman–Crippen LogP) is 2.73. The lowest BCUT2D eigenvalue weighted by Crippen LogP contribution is -2.76. The Kier molecular flexibility index (Phi) is 8.30. The fraction of sp³-hybridized carbons (Fsp3) is 0.290. The Labute approximate surface area is 238 Å². The molecule has 10 nitrogen and oxygen atoms in total. The van der Waals surface area contributed by atoms with Crippen LogP contribution in [0.1, 0.15) is 29.0 Å². The van der Waals surface area contributed by atoms with E-state index in [-0.39, 0.29) is 32.1 Å². The molecule has 10 heteroatoms. The van der Waals surface area contributed by atoms with Crippen LogP contribution in [-0.2, 0) is 20.9 Å². The third kappa shape index (κ3) is 6.07. The van der Waals surface area contributed by atoms with Crippen molar-refractivity contribution in [3.8, 4) is 0 Å². The van der Waals surface area contributed by atoms with Crippen LogP contribution in [0.5, 0.6) is 0 Å². The third-order valence-corrected chi connectivity index (χ3v) is 7.61. The maximum absolute atomic E-state index is 13.9. The Hall–Kier alpha value is -4.70. The van der Waals surface area contributed by atoms with Crippen LogP contribution < -0.4 is 5.32 Å². The molecule has 2 heterocycles. The highest BCUT2D eigenvalue weighted by atomic mass is 16.4. The van der Waals surface area contributed by atoms with Gasteiger partial charge >= 0.3 is 12.0 Å². The molecule has 2 fully saturated rings. The highest BCUT2D eigenvalue weighted by Crippen LogP contribution is 2.31. The topological polar surface area (TPSA) is 114 Å². The summed E-state index contributed by atoms with van der Waals surface area (Å²) in [5.74, 6) is -2.23. The summed E-state index contributed by atoms with van der Waals surface area (Å²) < 4.78 is 0. The number of aliphatic carboxylic acids is 1. The van der Waals surface area contributed by atoms with Gasteiger partial charge in [0.15, 0.2) is 0 Å². The number of urea groups is 1. The van der Waals surface area contributed by atoms with Gasteiger partial charge in [0, 0.05) is 26.1 Å². The van der Waals surface area contributed by atoms with E-state index in [9.17, 15) is 24.3 Å². The van der Waals surface area contributed by atoms with Gasteiger partial charge in [-0.3, -0.25) is 14.4 Å². The van der Waals surface area contributed by atoms with Gasteiger partial charge in [0.2, 0.25) is 11.8 Å². The maximum Gasteiger partial charge on any atom is 0.334 e. The quantitative estimate of drug-likeness (QED) is 0.442. The van der Waals surface area contributed by atoms with Crippen molar-refractivity contribution in [2.45, 2.75) is 31.1 Å². The van der Waals surface area contributed by atoms with Crippen molar-refractivity contribution in [1.82, 2.24) is 25.1 Å². The lowest BCUT2D eigenvalue weighted by atomic mass is 9.90. The zero-order chi connectivity index (χ0) is 28.9. The number of amides is 4. The number of carboxylic acid groups (broad SMARTS) is 1. The highest BCUT2D eigenvalue weighted by Gasteiger charge is 2.51. The van der Waals surface area contributed by atoms with Gasteiger partial charge < -0.3 is 20.2 Å². The van der Waals surface area contributed by atoms with E-state index in [4.69, 9.17) is 0 Å². The summed E-state index contributed by atoms with van der Waals surface area (Å²) in [6.07, 6.45) is -1.42. The molecule has 0 saturated carbocycles. The van der Waals surface area contributed by atoms with Gasteiger partial charge in [-0.15, -0.1) is 0 Å². The van der Waals surface area contributed by atoms with E-state index in [1.807, 2.05) is 91.0 Å². The SMILES string of the molecule is CN1CC(=O)N2[C@@H](CC(=O)O)C(=O)N(CC(c3ccccc3)c3ccccc3)C[C@@H]2N1C(=O)NCc1ccccc1. The van der Waals surface area contributed by atoms with Crippen LogP contribution in [0.3, 0.4) is 0 Å². The first kappa shape index (κ1) is 27.9. The number of carbonyl (C=O) groups is 4. The van der Waals surface area contributed by atoms with Crippen LogP contribution in [0, 0.1) is 0 Å². The highest BCUT2D eigenvalue weighted by molar-refractivity contribution is 5.93. The van der Waals surface area contributed by atoms with E-state index in [0.29, 0.717) is 0 Å². The van der Waals surface area contributed by atoms with Crippen LogP contribution in [0.25, 0.3) is 0 Å². The first-order valence-electron chi connectivity index (χ1n) is 13.6. The minimum Gasteiger partial charge on any atom is -0.481 e. The zero-order valence-corrected chi connectivity index (χ0v) is 22.8. The summed E-state index contributed by atoms with van der Waals surface area (Å²) in [6.45, 7) is 0.413. The molecule has 0 aromatic heterocycles. The molecule has 2 N–H and O–H groups in total. The average molecular weight is 556 g/mol. The van der Waals surface area contributed by atoms with E-state index >= 15 is 0 Å². The summed E-state index contributed by atoms with van der Waals surface area (Å²) >= 11 is 0. The molecular weight excluding hydrogens is 522 g/mol. The Balaban J connectivity index is 1.47.